The molecular weight excluding hydrogens is 320 g/mol. The van der Waals surface area contributed by atoms with Crippen LogP contribution >= 0.6 is 0 Å². The smallest absolute Gasteiger partial charge is 0.271 e. The van der Waals surface area contributed by atoms with Gasteiger partial charge in [0.05, 0.1) is 12.0 Å². The van der Waals surface area contributed by atoms with Crippen molar-refractivity contribution < 1.29 is 18.1 Å². The Morgan fingerprint density at radius 2 is 1.96 bits per heavy atom. The lowest BCUT2D eigenvalue weighted by Crippen LogP contribution is -2.33. The Labute approximate surface area is 136 Å². The van der Waals surface area contributed by atoms with E-state index in [1.165, 1.54) is 37.0 Å². The lowest BCUT2D eigenvalue weighted by atomic mass is 9.89. The van der Waals surface area contributed by atoms with E-state index in [0.29, 0.717) is 12.5 Å². The van der Waals surface area contributed by atoms with Crippen LogP contribution in [-0.2, 0) is 10.0 Å². The molecule has 23 heavy (non-hydrogen) atoms. The van der Waals surface area contributed by atoms with Gasteiger partial charge in [0.1, 0.15) is 10.6 Å². The minimum Gasteiger partial charge on any atom is -0.495 e. The first kappa shape index (κ1) is 17.7. The second kappa shape index (κ2) is 7.27. The van der Waals surface area contributed by atoms with Crippen LogP contribution in [0.3, 0.4) is 0 Å². The van der Waals surface area contributed by atoms with Crippen molar-refractivity contribution in [2.75, 3.05) is 20.7 Å². The molecule has 1 aliphatic rings. The normalized spacial score (nSPS) is 16.5. The fourth-order valence-electron chi connectivity index (χ4n) is 2.98. The molecule has 8 heteroatoms. The summed E-state index contributed by atoms with van der Waals surface area (Å²) in [6.07, 6.45) is 5.49. The monoisotopic (exact) mass is 342 g/mol. The lowest BCUT2D eigenvalue weighted by Gasteiger charge is -2.27. The molecule has 1 saturated carbocycles. The van der Waals surface area contributed by atoms with E-state index in [1.54, 1.807) is 0 Å². The first-order valence-electron chi connectivity index (χ1n) is 7.65. The van der Waals surface area contributed by atoms with Crippen molar-refractivity contribution in [3.63, 3.8) is 0 Å². The number of nitro benzene ring substituents is 1. The van der Waals surface area contributed by atoms with Crippen LogP contribution in [0.15, 0.2) is 23.1 Å². The summed E-state index contributed by atoms with van der Waals surface area (Å²) >= 11 is 0. The maximum absolute atomic E-state index is 12.8. The average molecular weight is 342 g/mol. The van der Waals surface area contributed by atoms with Crippen molar-refractivity contribution in [3.05, 3.63) is 28.3 Å². The number of nitrogens with zero attached hydrogens (tertiary/aromatic N) is 2. The third-order valence-corrected chi connectivity index (χ3v) is 6.13. The van der Waals surface area contributed by atoms with E-state index in [2.05, 4.69) is 0 Å². The Morgan fingerprint density at radius 3 is 2.52 bits per heavy atom. The second-order valence-electron chi connectivity index (χ2n) is 5.88. The highest BCUT2D eigenvalue weighted by molar-refractivity contribution is 7.89. The molecule has 1 fully saturated rings. The van der Waals surface area contributed by atoms with Gasteiger partial charge >= 0.3 is 0 Å². The van der Waals surface area contributed by atoms with Gasteiger partial charge < -0.3 is 4.74 Å². The highest BCUT2D eigenvalue weighted by Crippen LogP contribution is 2.31. The maximum atomic E-state index is 12.8. The second-order valence-corrected chi connectivity index (χ2v) is 7.90. The molecule has 0 heterocycles. The third kappa shape index (κ3) is 4.00. The molecule has 0 spiro atoms. The number of sulfonamides is 1. The Hall–Kier alpha value is -1.67. The Morgan fingerprint density at radius 1 is 1.30 bits per heavy atom. The topological polar surface area (TPSA) is 89.7 Å². The molecule has 0 radical (unpaired) electrons. The summed E-state index contributed by atoms with van der Waals surface area (Å²) in [7, 11) is -0.969. The van der Waals surface area contributed by atoms with Crippen LogP contribution in [0.4, 0.5) is 5.69 Å². The zero-order chi connectivity index (χ0) is 17.0. The first-order valence-corrected chi connectivity index (χ1v) is 9.09. The first-order chi connectivity index (χ1) is 10.9. The third-order valence-electron chi connectivity index (χ3n) is 4.29. The van der Waals surface area contributed by atoms with Gasteiger partial charge in [0, 0.05) is 25.7 Å². The lowest BCUT2D eigenvalue weighted by molar-refractivity contribution is -0.385. The molecule has 7 nitrogen and oxygen atoms in total. The molecule has 128 valence electrons. The molecule has 0 unspecified atom stereocenters. The van der Waals surface area contributed by atoms with Gasteiger partial charge in [0.15, 0.2) is 0 Å². The van der Waals surface area contributed by atoms with Gasteiger partial charge in [0.2, 0.25) is 10.0 Å². The van der Waals surface area contributed by atoms with Crippen LogP contribution in [0.2, 0.25) is 0 Å². The van der Waals surface area contributed by atoms with Crippen LogP contribution in [-0.4, -0.2) is 38.3 Å². The van der Waals surface area contributed by atoms with Crippen LogP contribution < -0.4 is 4.74 Å². The molecule has 1 aromatic carbocycles. The standard InChI is InChI=1S/C15H22N2O5S/c1-16(11-12-6-4-3-5-7-12)23(20,21)15-10-13(17(18)19)8-9-14(15)22-2/h8-10,12H,3-7,11H2,1-2H3. The quantitative estimate of drug-likeness (QED) is 0.586. The van der Waals surface area contributed by atoms with E-state index in [1.807, 2.05) is 0 Å². The molecule has 0 aliphatic heterocycles. The fraction of sp³-hybridized carbons (Fsp3) is 0.600. The molecule has 0 amide bonds. The maximum Gasteiger partial charge on any atom is 0.271 e. The van der Waals surface area contributed by atoms with E-state index in [0.717, 1.165) is 31.7 Å². The van der Waals surface area contributed by atoms with Crippen molar-refractivity contribution in [3.8, 4) is 5.75 Å². The van der Waals surface area contributed by atoms with Gasteiger partial charge in [-0.3, -0.25) is 10.1 Å². The summed E-state index contributed by atoms with van der Waals surface area (Å²) in [5.41, 5.74) is -0.268. The number of nitro groups is 1. The summed E-state index contributed by atoms with van der Waals surface area (Å²) in [5, 5.41) is 10.9. The average Bonchev–Trinajstić information content (AvgIpc) is 2.55. The molecule has 0 aromatic heterocycles. The number of ether oxygens (including phenoxy) is 1. The molecule has 0 N–H and O–H groups in total. The number of rotatable bonds is 6. The Bertz CT molecular complexity index is 668. The SMILES string of the molecule is COc1ccc([N+](=O)[O-])cc1S(=O)(=O)N(C)CC1CCCCC1. The van der Waals surface area contributed by atoms with Gasteiger partial charge in [-0.1, -0.05) is 19.3 Å². The minimum absolute atomic E-state index is 0.117. The van der Waals surface area contributed by atoms with E-state index in [9.17, 15) is 18.5 Å². The number of methoxy groups -OCH3 is 1. The Balaban J connectivity index is 2.29. The fourth-order valence-corrected chi connectivity index (χ4v) is 4.40. The number of hydrogen-bond donors (Lipinski definition) is 0. The van der Waals surface area contributed by atoms with E-state index in [-0.39, 0.29) is 16.3 Å². The zero-order valence-corrected chi connectivity index (χ0v) is 14.2. The summed E-state index contributed by atoms with van der Waals surface area (Å²) in [6.45, 7) is 0.425. The van der Waals surface area contributed by atoms with E-state index < -0.39 is 14.9 Å². The van der Waals surface area contributed by atoms with Crippen molar-refractivity contribution in [2.45, 2.75) is 37.0 Å². The molecule has 1 aromatic rings. The number of benzene rings is 1. The van der Waals surface area contributed by atoms with E-state index in [4.69, 9.17) is 4.74 Å². The number of hydrogen-bond acceptors (Lipinski definition) is 5. The summed E-state index contributed by atoms with van der Waals surface area (Å²) in [6, 6.07) is 3.62. The molecule has 0 atom stereocenters. The van der Waals surface area contributed by atoms with Crippen molar-refractivity contribution in [1.29, 1.82) is 0 Å². The summed E-state index contributed by atoms with van der Waals surface area (Å²) < 4.78 is 31.9. The van der Waals surface area contributed by atoms with Crippen LogP contribution in [0.25, 0.3) is 0 Å². The molecule has 1 aliphatic carbocycles. The zero-order valence-electron chi connectivity index (χ0n) is 13.4. The molecule has 0 saturated heterocycles. The van der Waals surface area contributed by atoms with Gasteiger partial charge in [-0.15, -0.1) is 0 Å². The van der Waals surface area contributed by atoms with Crippen molar-refractivity contribution in [2.24, 2.45) is 5.92 Å². The van der Waals surface area contributed by atoms with Crippen LogP contribution in [0.5, 0.6) is 5.75 Å². The molecule has 2 rings (SSSR count). The summed E-state index contributed by atoms with van der Waals surface area (Å²) in [4.78, 5) is 10.2. The molecular formula is C15H22N2O5S. The van der Waals surface area contributed by atoms with Crippen molar-refractivity contribution in [1.82, 2.24) is 4.31 Å². The predicted molar refractivity (Wildman–Crippen MR) is 86.0 cm³/mol. The van der Waals surface area contributed by atoms with Gasteiger partial charge in [-0.2, -0.15) is 0 Å². The number of non-ortho nitro benzene ring substituents is 1. The van der Waals surface area contributed by atoms with Gasteiger partial charge in [-0.05, 0) is 24.8 Å². The highest BCUT2D eigenvalue weighted by atomic mass is 32.2. The largest absolute Gasteiger partial charge is 0.495 e. The predicted octanol–water partition coefficient (Wildman–Crippen LogP) is 2.80. The van der Waals surface area contributed by atoms with Gasteiger partial charge in [0.25, 0.3) is 5.69 Å². The van der Waals surface area contributed by atoms with Crippen LogP contribution in [0.1, 0.15) is 32.1 Å². The Kier molecular flexibility index (Phi) is 5.59. The summed E-state index contributed by atoms with van der Waals surface area (Å²) in [5.74, 6) is 0.458. The van der Waals surface area contributed by atoms with Crippen molar-refractivity contribution >= 4 is 15.7 Å². The molecule has 0 bridgehead atoms. The minimum atomic E-state index is -3.83. The van der Waals surface area contributed by atoms with Crippen LogP contribution in [0, 0.1) is 16.0 Å². The highest BCUT2D eigenvalue weighted by Gasteiger charge is 2.29. The van der Waals surface area contributed by atoms with E-state index >= 15 is 0 Å². The van der Waals surface area contributed by atoms with Gasteiger partial charge in [-0.25, -0.2) is 12.7 Å².